The van der Waals surface area contributed by atoms with Crippen molar-refractivity contribution >= 4 is 6.29 Å². The monoisotopic (exact) mass is 138 g/mol. The molecule has 0 aromatic carbocycles. The van der Waals surface area contributed by atoms with Gasteiger partial charge in [0.25, 0.3) is 0 Å². The number of carbonyl (C=O) groups is 1. The first-order valence-electron chi connectivity index (χ1n) is 3.34. The summed E-state index contributed by atoms with van der Waals surface area (Å²) in [5, 5.41) is 3.96. The average Bonchev–Trinajstić information content (AvgIpc) is 2.37. The van der Waals surface area contributed by atoms with E-state index in [1.54, 1.807) is 17.1 Å². The molecule has 0 fully saturated rings. The van der Waals surface area contributed by atoms with Gasteiger partial charge < -0.3 is 0 Å². The highest BCUT2D eigenvalue weighted by Gasteiger charge is 1.93. The highest BCUT2D eigenvalue weighted by Crippen LogP contribution is 1.93. The minimum Gasteiger partial charge on any atom is -0.298 e. The summed E-state index contributed by atoms with van der Waals surface area (Å²) >= 11 is 0. The molecule has 0 atom stereocenters. The van der Waals surface area contributed by atoms with Crippen molar-refractivity contribution in [2.45, 2.75) is 19.9 Å². The zero-order chi connectivity index (χ0) is 7.40. The molecule has 3 nitrogen and oxygen atoms in total. The van der Waals surface area contributed by atoms with Crippen molar-refractivity contribution < 1.29 is 4.79 Å². The van der Waals surface area contributed by atoms with Crippen LogP contribution in [-0.2, 0) is 6.54 Å². The van der Waals surface area contributed by atoms with Crippen LogP contribution in [0.5, 0.6) is 0 Å². The molecule has 0 aliphatic rings. The maximum Gasteiger partial charge on any atom is 0.153 e. The van der Waals surface area contributed by atoms with Gasteiger partial charge in [-0.2, -0.15) is 5.10 Å². The molecule has 0 unspecified atom stereocenters. The minimum atomic E-state index is 0.647. The molecule has 54 valence electrons. The zero-order valence-electron chi connectivity index (χ0n) is 5.95. The first-order valence-corrected chi connectivity index (χ1v) is 3.34. The molecule has 0 amide bonds. The van der Waals surface area contributed by atoms with Gasteiger partial charge in [0.2, 0.25) is 0 Å². The fourth-order valence-corrected chi connectivity index (χ4v) is 0.792. The van der Waals surface area contributed by atoms with E-state index in [4.69, 9.17) is 0 Å². The van der Waals surface area contributed by atoms with Crippen LogP contribution in [0.1, 0.15) is 23.7 Å². The summed E-state index contributed by atoms with van der Waals surface area (Å²) < 4.78 is 1.77. The van der Waals surface area contributed by atoms with Crippen molar-refractivity contribution in [1.82, 2.24) is 9.78 Å². The smallest absolute Gasteiger partial charge is 0.153 e. The van der Waals surface area contributed by atoms with Crippen LogP contribution in [0.2, 0.25) is 0 Å². The van der Waals surface area contributed by atoms with Gasteiger partial charge in [-0.15, -0.1) is 0 Å². The Morgan fingerprint density at radius 2 is 2.60 bits per heavy atom. The number of carbonyl (C=O) groups excluding carboxylic acids is 1. The van der Waals surface area contributed by atoms with E-state index in [0.717, 1.165) is 19.3 Å². The Hall–Kier alpha value is -1.12. The van der Waals surface area contributed by atoms with E-state index in [-0.39, 0.29) is 0 Å². The van der Waals surface area contributed by atoms with E-state index >= 15 is 0 Å². The van der Waals surface area contributed by atoms with Crippen LogP contribution in [0.4, 0.5) is 0 Å². The summed E-state index contributed by atoms with van der Waals surface area (Å²) in [7, 11) is 0. The lowest BCUT2D eigenvalue weighted by atomic mass is 10.4. The number of aryl methyl sites for hydroxylation is 1. The summed E-state index contributed by atoms with van der Waals surface area (Å²) in [5.74, 6) is 0. The molecule has 1 aromatic rings. The fraction of sp³-hybridized carbons (Fsp3) is 0.429. The summed E-state index contributed by atoms with van der Waals surface area (Å²) in [6.07, 6.45) is 5.16. The lowest BCUT2D eigenvalue weighted by molar-refractivity contribution is 0.112. The number of nitrogens with zero attached hydrogens (tertiary/aromatic N) is 2. The molecule has 0 aliphatic heterocycles. The molecule has 1 aromatic heterocycles. The second-order valence-corrected chi connectivity index (χ2v) is 2.15. The summed E-state index contributed by atoms with van der Waals surface area (Å²) in [5.41, 5.74) is 0.647. The molecule has 10 heavy (non-hydrogen) atoms. The van der Waals surface area contributed by atoms with Gasteiger partial charge in [0.05, 0.1) is 11.8 Å². The van der Waals surface area contributed by atoms with Crippen molar-refractivity contribution in [2.75, 3.05) is 0 Å². The van der Waals surface area contributed by atoms with Crippen molar-refractivity contribution in [2.24, 2.45) is 0 Å². The molecule has 0 radical (unpaired) electrons. The summed E-state index contributed by atoms with van der Waals surface area (Å²) in [4.78, 5) is 10.2. The summed E-state index contributed by atoms with van der Waals surface area (Å²) in [6, 6.07) is 0. The van der Waals surface area contributed by atoms with E-state index in [9.17, 15) is 4.79 Å². The third kappa shape index (κ3) is 1.43. The average molecular weight is 138 g/mol. The lowest BCUT2D eigenvalue weighted by Gasteiger charge is -1.93. The Kier molecular flexibility index (Phi) is 2.20. The van der Waals surface area contributed by atoms with E-state index < -0.39 is 0 Å². The number of aromatic nitrogens is 2. The van der Waals surface area contributed by atoms with Gasteiger partial charge >= 0.3 is 0 Å². The van der Waals surface area contributed by atoms with Gasteiger partial charge in [0.1, 0.15) is 0 Å². The Labute approximate surface area is 59.7 Å². The lowest BCUT2D eigenvalue weighted by Crippen LogP contribution is -1.95. The quantitative estimate of drug-likeness (QED) is 0.586. The van der Waals surface area contributed by atoms with E-state index in [1.165, 1.54) is 0 Å². The third-order valence-electron chi connectivity index (χ3n) is 1.24. The van der Waals surface area contributed by atoms with E-state index in [0.29, 0.717) is 5.56 Å². The molecule has 1 rings (SSSR count). The van der Waals surface area contributed by atoms with Gasteiger partial charge in [-0.25, -0.2) is 0 Å². The zero-order valence-corrected chi connectivity index (χ0v) is 5.95. The Bertz CT molecular complexity index is 217. The van der Waals surface area contributed by atoms with Crippen LogP contribution >= 0.6 is 0 Å². The largest absolute Gasteiger partial charge is 0.298 e. The standard InChI is InChI=1S/C7H10N2O/c1-2-3-9-5-7(6-10)4-8-9/h4-6H,2-3H2,1H3. The van der Waals surface area contributed by atoms with Crippen LogP contribution < -0.4 is 0 Å². The molecular weight excluding hydrogens is 128 g/mol. The van der Waals surface area contributed by atoms with Crippen molar-refractivity contribution in [3.8, 4) is 0 Å². The molecule has 1 heterocycles. The molecule has 0 N–H and O–H groups in total. The van der Waals surface area contributed by atoms with Crippen molar-refractivity contribution in [3.63, 3.8) is 0 Å². The van der Waals surface area contributed by atoms with Crippen molar-refractivity contribution in [3.05, 3.63) is 18.0 Å². The SMILES string of the molecule is CCCn1cc(C=O)cn1. The Morgan fingerprint density at radius 3 is 3.10 bits per heavy atom. The maximum atomic E-state index is 10.2. The van der Waals surface area contributed by atoms with Crippen LogP contribution in [-0.4, -0.2) is 16.1 Å². The van der Waals surface area contributed by atoms with Crippen LogP contribution in [0.15, 0.2) is 12.4 Å². The predicted octanol–water partition coefficient (Wildman–Crippen LogP) is 1.11. The number of rotatable bonds is 3. The van der Waals surface area contributed by atoms with Crippen LogP contribution in [0.25, 0.3) is 0 Å². The maximum absolute atomic E-state index is 10.2. The Morgan fingerprint density at radius 1 is 1.80 bits per heavy atom. The molecular formula is C7H10N2O. The number of hydrogen-bond donors (Lipinski definition) is 0. The van der Waals surface area contributed by atoms with Gasteiger partial charge in [0, 0.05) is 12.7 Å². The third-order valence-corrected chi connectivity index (χ3v) is 1.24. The fourth-order valence-electron chi connectivity index (χ4n) is 0.792. The predicted molar refractivity (Wildman–Crippen MR) is 37.9 cm³/mol. The Balaban J connectivity index is 2.68. The normalized spacial score (nSPS) is 9.70. The van der Waals surface area contributed by atoms with E-state index in [2.05, 4.69) is 12.0 Å². The van der Waals surface area contributed by atoms with Gasteiger partial charge in [0.15, 0.2) is 6.29 Å². The molecule has 0 saturated carbocycles. The van der Waals surface area contributed by atoms with Gasteiger partial charge in [-0.3, -0.25) is 9.48 Å². The van der Waals surface area contributed by atoms with Crippen LogP contribution in [0.3, 0.4) is 0 Å². The topological polar surface area (TPSA) is 34.9 Å². The highest BCUT2D eigenvalue weighted by atomic mass is 16.1. The first kappa shape index (κ1) is 6.99. The van der Waals surface area contributed by atoms with Crippen molar-refractivity contribution in [1.29, 1.82) is 0 Å². The summed E-state index contributed by atoms with van der Waals surface area (Å²) in [6.45, 7) is 2.95. The van der Waals surface area contributed by atoms with Gasteiger partial charge in [-0.05, 0) is 6.42 Å². The molecule has 0 aliphatic carbocycles. The molecule has 0 saturated heterocycles. The van der Waals surface area contributed by atoms with Crippen LogP contribution in [0, 0.1) is 0 Å². The highest BCUT2D eigenvalue weighted by molar-refractivity contribution is 5.73. The number of aldehydes is 1. The second kappa shape index (κ2) is 3.15. The van der Waals surface area contributed by atoms with E-state index in [1.807, 2.05) is 0 Å². The number of hydrogen-bond acceptors (Lipinski definition) is 2. The van der Waals surface area contributed by atoms with Gasteiger partial charge in [-0.1, -0.05) is 6.92 Å². The minimum absolute atomic E-state index is 0.647. The molecule has 3 heteroatoms. The first-order chi connectivity index (χ1) is 4.86. The molecule has 0 spiro atoms. The second-order valence-electron chi connectivity index (χ2n) is 2.15. The molecule has 0 bridgehead atoms.